The first-order valence-electron chi connectivity index (χ1n) is 7.74. The Morgan fingerprint density at radius 2 is 2.26 bits per heavy atom. The number of hydrogen-bond donors (Lipinski definition) is 1. The fraction of sp³-hybridized carbons (Fsp3) is 0.500. The van der Waals surface area contributed by atoms with Crippen LogP contribution in [0.15, 0.2) is 18.2 Å². The Morgan fingerprint density at radius 3 is 2.91 bits per heavy atom. The number of nitrogens with one attached hydrogen (secondary N) is 1. The highest BCUT2D eigenvalue weighted by Gasteiger charge is 2.35. The predicted octanol–water partition coefficient (Wildman–Crippen LogP) is 2.53. The number of rotatable bonds is 3. The third-order valence-electron chi connectivity index (χ3n) is 4.52. The Bertz CT molecular complexity index is 627. The smallest absolute Gasteiger partial charge is 0.317 e. The van der Waals surface area contributed by atoms with Crippen molar-refractivity contribution in [3.05, 3.63) is 34.6 Å². The lowest BCUT2D eigenvalue weighted by Gasteiger charge is -2.39. The van der Waals surface area contributed by atoms with Crippen LogP contribution in [0.25, 0.3) is 0 Å². The van der Waals surface area contributed by atoms with Crippen molar-refractivity contribution in [3.63, 3.8) is 0 Å². The van der Waals surface area contributed by atoms with E-state index in [1.807, 2.05) is 9.80 Å². The lowest BCUT2D eigenvalue weighted by atomic mass is 9.99. The Hall–Kier alpha value is -1.84. The predicted molar refractivity (Wildman–Crippen MR) is 84.5 cm³/mol. The molecule has 5 nitrogen and oxygen atoms in total. The van der Waals surface area contributed by atoms with Crippen molar-refractivity contribution >= 4 is 17.6 Å². The van der Waals surface area contributed by atoms with E-state index in [1.165, 1.54) is 12.1 Å². The molecule has 0 bridgehead atoms. The van der Waals surface area contributed by atoms with Crippen molar-refractivity contribution in [2.24, 2.45) is 0 Å². The molecule has 2 saturated heterocycles. The molecule has 2 aliphatic heterocycles. The number of halogens is 2. The van der Waals surface area contributed by atoms with Crippen molar-refractivity contribution in [1.29, 1.82) is 5.26 Å². The summed E-state index contributed by atoms with van der Waals surface area (Å²) in [4.78, 5) is 15.6. The van der Waals surface area contributed by atoms with E-state index in [-0.39, 0.29) is 22.7 Å². The van der Waals surface area contributed by atoms with Crippen LogP contribution in [0.5, 0.6) is 0 Å². The average Bonchev–Trinajstić information content (AvgIpc) is 2.97. The lowest BCUT2D eigenvalue weighted by Crippen LogP contribution is -2.49. The Balaban J connectivity index is 1.82. The topological polar surface area (TPSA) is 59.4 Å². The molecule has 23 heavy (non-hydrogen) atoms. The second-order valence-electron chi connectivity index (χ2n) is 5.88. The second kappa shape index (κ2) is 6.73. The number of likely N-dealkylation sites (tertiary alicyclic amines) is 1. The molecule has 2 heterocycles. The van der Waals surface area contributed by atoms with Gasteiger partial charge in [-0.25, -0.2) is 9.18 Å². The van der Waals surface area contributed by atoms with Gasteiger partial charge in [0.2, 0.25) is 0 Å². The van der Waals surface area contributed by atoms with E-state index >= 15 is 0 Å². The van der Waals surface area contributed by atoms with Gasteiger partial charge >= 0.3 is 6.03 Å². The zero-order chi connectivity index (χ0) is 16.4. The van der Waals surface area contributed by atoms with Gasteiger partial charge in [-0.2, -0.15) is 5.26 Å². The van der Waals surface area contributed by atoms with Crippen molar-refractivity contribution in [1.82, 2.24) is 15.1 Å². The monoisotopic (exact) mass is 336 g/mol. The van der Waals surface area contributed by atoms with Crippen molar-refractivity contribution in [3.8, 4) is 6.07 Å². The number of piperidine rings is 1. The first-order valence-corrected chi connectivity index (χ1v) is 8.11. The van der Waals surface area contributed by atoms with Gasteiger partial charge in [-0.15, -0.1) is 0 Å². The number of urea groups is 1. The highest BCUT2D eigenvalue weighted by molar-refractivity contribution is 6.31. The summed E-state index contributed by atoms with van der Waals surface area (Å²) < 4.78 is 14.2. The SMILES string of the molecule is N#C[C@H](c1c(F)cccc1Cl)N1CCC[C@@H](N2CCNC2=O)C1. The molecule has 122 valence electrons. The summed E-state index contributed by atoms with van der Waals surface area (Å²) in [6.45, 7) is 2.57. The van der Waals surface area contributed by atoms with Crippen LogP contribution in [-0.4, -0.2) is 48.1 Å². The standard InChI is InChI=1S/C16H18ClFN4O/c17-12-4-1-5-13(18)15(12)14(9-19)21-7-2-3-11(10-21)22-8-6-20-16(22)23/h1,4-5,11,14H,2-3,6-8,10H2,(H,20,23)/t11-,14-/m1/s1. The quantitative estimate of drug-likeness (QED) is 0.922. The third kappa shape index (κ3) is 3.12. The van der Waals surface area contributed by atoms with E-state index in [0.717, 1.165) is 12.8 Å². The lowest BCUT2D eigenvalue weighted by molar-refractivity contribution is 0.110. The van der Waals surface area contributed by atoms with Gasteiger partial charge in [0.15, 0.2) is 0 Å². The first kappa shape index (κ1) is 16.0. The minimum atomic E-state index is -0.739. The molecule has 2 amide bonds. The fourth-order valence-electron chi connectivity index (χ4n) is 3.41. The van der Waals surface area contributed by atoms with Crippen molar-refractivity contribution in [2.75, 3.05) is 26.2 Å². The normalized spacial score (nSPS) is 23.4. The molecule has 0 unspecified atom stereocenters. The number of nitrogens with zero attached hydrogens (tertiary/aromatic N) is 3. The van der Waals surface area contributed by atoms with Gasteiger partial charge in [0.1, 0.15) is 11.9 Å². The van der Waals surface area contributed by atoms with Gasteiger partial charge in [-0.3, -0.25) is 4.90 Å². The molecule has 1 aromatic rings. The molecule has 0 saturated carbocycles. The zero-order valence-corrected chi connectivity index (χ0v) is 13.4. The molecular formula is C16H18ClFN4O. The number of nitriles is 1. The molecule has 2 atom stereocenters. The van der Waals surface area contributed by atoms with Gasteiger partial charge in [0, 0.05) is 36.3 Å². The Labute approximate surface area is 139 Å². The van der Waals surface area contributed by atoms with Crippen LogP contribution in [0.2, 0.25) is 5.02 Å². The highest BCUT2D eigenvalue weighted by Crippen LogP contribution is 2.32. The minimum Gasteiger partial charge on any atom is -0.336 e. The summed E-state index contributed by atoms with van der Waals surface area (Å²) in [7, 11) is 0. The van der Waals surface area contributed by atoms with Crippen LogP contribution in [0.1, 0.15) is 24.4 Å². The van der Waals surface area contributed by atoms with E-state index in [1.54, 1.807) is 6.07 Å². The molecule has 0 radical (unpaired) electrons. The van der Waals surface area contributed by atoms with Crippen LogP contribution in [0.4, 0.5) is 9.18 Å². The number of amides is 2. The summed E-state index contributed by atoms with van der Waals surface area (Å²) in [5.74, 6) is -0.468. The fourth-order valence-corrected chi connectivity index (χ4v) is 3.67. The molecule has 0 aromatic heterocycles. The summed E-state index contributed by atoms with van der Waals surface area (Å²) in [5.41, 5.74) is 0.225. The van der Waals surface area contributed by atoms with Crippen molar-refractivity contribution in [2.45, 2.75) is 24.9 Å². The Morgan fingerprint density at radius 1 is 1.43 bits per heavy atom. The summed E-state index contributed by atoms with van der Waals surface area (Å²) >= 11 is 6.12. The van der Waals surface area contributed by atoms with Crippen LogP contribution >= 0.6 is 11.6 Å². The first-order chi connectivity index (χ1) is 11.1. The maximum Gasteiger partial charge on any atom is 0.317 e. The van der Waals surface area contributed by atoms with Gasteiger partial charge < -0.3 is 10.2 Å². The van der Waals surface area contributed by atoms with E-state index in [2.05, 4.69) is 11.4 Å². The zero-order valence-electron chi connectivity index (χ0n) is 12.6. The Kier molecular flexibility index (Phi) is 4.69. The van der Waals surface area contributed by atoms with E-state index < -0.39 is 11.9 Å². The van der Waals surface area contributed by atoms with Crippen molar-refractivity contribution < 1.29 is 9.18 Å². The molecule has 2 aliphatic rings. The minimum absolute atomic E-state index is 0.0487. The molecule has 0 aliphatic carbocycles. The summed E-state index contributed by atoms with van der Waals surface area (Å²) in [5, 5.41) is 12.6. The van der Waals surface area contributed by atoms with Crippen LogP contribution < -0.4 is 5.32 Å². The van der Waals surface area contributed by atoms with Crippen LogP contribution in [0.3, 0.4) is 0 Å². The average molecular weight is 337 g/mol. The molecule has 3 rings (SSSR count). The third-order valence-corrected chi connectivity index (χ3v) is 4.85. The number of carbonyl (C=O) groups is 1. The number of benzene rings is 1. The van der Waals surface area contributed by atoms with Gasteiger partial charge in [-0.05, 0) is 31.5 Å². The summed E-state index contributed by atoms with van der Waals surface area (Å²) in [6, 6.07) is 5.87. The molecule has 1 N–H and O–H groups in total. The second-order valence-corrected chi connectivity index (χ2v) is 6.29. The van der Waals surface area contributed by atoms with Crippen LogP contribution in [-0.2, 0) is 0 Å². The molecule has 2 fully saturated rings. The molecule has 1 aromatic carbocycles. The van der Waals surface area contributed by atoms with Gasteiger partial charge in [-0.1, -0.05) is 17.7 Å². The van der Waals surface area contributed by atoms with E-state index in [0.29, 0.717) is 26.2 Å². The highest BCUT2D eigenvalue weighted by atomic mass is 35.5. The molecule has 7 heteroatoms. The largest absolute Gasteiger partial charge is 0.336 e. The number of hydrogen-bond acceptors (Lipinski definition) is 3. The van der Waals surface area contributed by atoms with Gasteiger partial charge in [0.25, 0.3) is 0 Å². The maximum absolute atomic E-state index is 14.2. The van der Waals surface area contributed by atoms with E-state index in [9.17, 15) is 14.4 Å². The summed E-state index contributed by atoms with van der Waals surface area (Å²) in [6.07, 6.45) is 1.76. The van der Waals surface area contributed by atoms with Gasteiger partial charge in [0.05, 0.1) is 6.07 Å². The molecule has 0 spiro atoms. The molecular weight excluding hydrogens is 319 g/mol. The van der Waals surface area contributed by atoms with E-state index in [4.69, 9.17) is 11.6 Å². The number of carbonyl (C=O) groups excluding carboxylic acids is 1. The maximum atomic E-state index is 14.2. The van der Waals surface area contributed by atoms with Crippen LogP contribution in [0, 0.1) is 17.1 Å².